The molecule has 0 spiro atoms. The molecule has 1 aromatic rings. The summed E-state index contributed by atoms with van der Waals surface area (Å²) in [4.78, 5) is 5.01. The first-order valence-corrected chi connectivity index (χ1v) is 9.06. The Morgan fingerprint density at radius 2 is 1.83 bits per heavy atom. The van der Waals surface area contributed by atoms with Crippen LogP contribution < -0.4 is 0 Å². The third-order valence-electron chi connectivity index (χ3n) is 5.04. The van der Waals surface area contributed by atoms with Gasteiger partial charge in [-0.1, -0.05) is 52.0 Å². The van der Waals surface area contributed by atoms with E-state index in [0.717, 1.165) is 19.6 Å². The number of aliphatic hydroxyl groups excluding tert-OH is 1. The Morgan fingerprint density at radius 1 is 1.17 bits per heavy atom. The number of nitrogens with zero attached hydrogens (tertiary/aromatic N) is 2. The third kappa shape index (κ3) is 4.56. The van der Waals surface area contributed by atoms with Crippen molar-refractivity contribution < 1.29 is 5.11 Å². The van der Waals surface area contributed by atoms with E-state index in [9.17, 15) is 5.11 Å². The van der Waals surface area contributed by atoms with Crippen LogP contribution >= 0.6 is 0 Å². The van der Waals surface area contributed by atoms with Crippen molar-refractivity contribution in [3.63, 3.8) is 0 Å². The summed E-state index contributed by atoms with van der Waals surface area (Å²) in [6.45, 7) is 15.8. The maximum absolute atomic E-state index is 9.99. The minimum atomic E-state index is 0.114. The number of piperazine rings is 1. The van der Waals surface area contributed by atoms with Crippen LogP contribution in [-0.4, -0.2) is 53.7 Å². The van der Waals surface area contributed by atoms with Crippen molar-refractivity contribution in [3.8, 4) is 0 Å². The summed E-state index contributed by atoms with van der Waals surface area (Å²) in [7, 11) is 0. The topological polar surface area (TPSA) is 26.7 Å². The molecular formula is C20H34N2O. The van der Waals surface area contributed by atoms with E-state index in [1.807, 2.05) is 0 Å². The quantitative estimate of drug-likeness (QED) is 0.901. The predicted molar refractivity (Wildman–Crippen MR) is 97.9 cm³/mol. The lowest BCUT2D eigenvalue weighted by molar-refractivity contribution is 0.0253. The van der Waals surface area contributed by atoms with Crippen molar-refractivity contribution in [2.24, 2.45) is 0 Å². The van der Waals surface area contributed by atoms with Gasteiger partial charge in [-0.2, -0.15) is 0 Å². The van der Waals surface area contributed by atoms with E-state index < -0.39 is 0 Å². The first-order valence-electron chi connectivity index (χ1n) is 9.06. The van der Waals surface area contributed by atoms with E-state index in [4.69, 9.17) is 0 Å². The molecule has 3 nitrogen and oxygen atoms in total. The summed E-state index contributed by atoms with van der Waals surface area (Å²) in [5.74, 6) is 0. The molecule has 23 heavy (non-hydrogen) atoms. The van der Waals surface area contributed by atoms with Gasteiger partial charge in [0.2, 0.25) is 0 Å². The summed E-state index contributed by atoms with van der Waals surface area (Å²) >= 11 is 0. The molecule has 2 unspecified atom stereocenters. The highest BCUT2D eigenvalue weighted by atomic mass is 16.3. The highest BCUT2D eigenvalue weighted by Crippen LogP contribution is 2.28. The lowest BCUT2D eigenvalue weighted by atomic mass is 9.86. The van der Waals surface area contributed by atoms with Gasteiger partial charge in [0.25, 0.3) is 0 Å². The highest BCUT2D eigenvalue weighted by Gasteiger charge is 2.29. The van der Waals surface area contributed by atoms with Crippen molar-refractivity contribution in [2.45, 2.75) is 58.5 Å². The van der Waals surface area contributed by atoms with E-state index in [2.05, 4.69) is 68.7 Å². The average Bonchev–Trinajstić information content (AvgIpc) is 2.50. The Labute approximate surface area is 142 Å². The fourth-order valence-corrected chi connectivity index (χ4v) is 3.64. The molecule has 130 valence electrons. The summed E-state index contributed by atoms with van der Waals surface area (Å²) in [5, 5.41) is 9.99. The van der Waals surface area contributed by atoms with E-state index >= 15 is 0 Å². The van der Waals surface area contributed by atoms with Gasteiger partial charge in [0.15, 0.2) is 0 Å². The summed E-state index contributed by atoms with van der Waals surface area (Å²) in [6, 6.07) is 9.43. The number of hydrogen-bond donors (Lipinski definition) is 1. The fourth-order valence-electron chi connectivity index (χ4n) is 3.64. The second kappa shape index (κ2) is 7.78. The Kier molecular flexibility index (Phi) is 6.24. The molecule has 1 saturated heterocycles. The fraction of sp³-hybridized carbons (Fsp3) is 0.700. The van der Waals surface area contributed by atoms with Crippen LogP contribution in [0.15, 0.2) is 24.3 Å². The first kappa shape index (κ1) is 18.4. The van der Waals surface area contributed by atoms with Gasteiger partial charge in [0, 0.05) is 25.7 Å². The zero-order valence-electron chi connectivity index (χ0n) is 15.5. The monoisotopic (exact) mass is 318 g/mol. The zero-order valence-corrected chi connectivity index (χ0v) is 15.5. The molecule has 0 aliphatic carbocycles. The van der Waals surface area contributed by atoms with Crippen LogP contribution in [0.5, 0.6) is 0 Å². The second-order valence-electron chi connectivity index (χ2n) is 7.96. The summed E-state index contributed by atoms with van der Waals surface area (Å²) < 4.78 is 0. The van der Waals surface area contributed by atoms with E-state index in [1.54, 1.807) is 0 Å². The van der Waals surface area contributed by atoms with E-state index in [1.165, 1.54) is 24.1 Å². The third-order valence-corrected chi connectivity index (χ3v) is 5.04. The van der Waals surface area contributed by atoms with Crippen molar-refractivity contribution in [3.05, 3.63) is 35.4 Å². The molecule has 1 aliphatic rings. The molecule has 1 aliphatic heterocycles. The van der Waals surface area contributed by atoms with Crippen LogP contribution in [-0.2, 0) is 5.41 Å². The van der Waals surface area contributed by atoms with Crippen molar-refractivity contribution in [1.29, 1.82) is 0 Å². The molecule has 1 N–H and O–H groups in total. The lowest BCUT2D eigenvalue weighted by Crippen LogP contribution is -2.53. The average molecular weight is 319 g/mol. The first-order chi connectivity index (χ1) is 10.9. The van der Waals surface area contributed by atoms with Gasteiger partial charge >= 0.3 is 0 Å². The maximum Gasteiger partial charge on any atom is 0.0628 e. The standard InChI is InChI=1S/C20H34N2O/c1-6-11-21-12-13-22(16(2)14-21)19(15-23)17-7-9-18(10-8-17)20(3,4)5/h7-10,16,19,23H,6,11-15H2,1-5H3. The van der Waals surface area contributed by atoms with Gasteiger partial charge in [-0.15, -0.1) is 0 Å². The normalized spacial score (nSPS) is 22.3. The SMILES string of the molecule is CCCN1CCN(C(CO)c2ccc(C(C)(C)C)cc2)C(C)C1. The van der Waals surface area contributed by atoms with Crippen LogP contribution in [0.3, 0.4) is 0 Å². The molecule has 1 heterocycles. The molecule has 1 fully saturated rings. The zero-order chi connectivity index (χ0) is 17.0. The van der Waals surface area contributed by atoms with Gasteiger partial charge in [0.05, 0.1) is 12.6 Å². The number of rotatable bonds is 5. The smallest absolute Gasteiger partial charge is 0.0628 e. The largest absolute Gasteiger partial charge is 0.394 e. The second-order valence-corrected chi connectivity index (χ2v) is 7.96. The van der Waals surface area contributed by atoms with Gasteiger partial charge in [-0.25, -0.2) is 0 Å². The minimum absolute atomic E-state index is 0.114. The molecule has 0 amide bonds. The van der Waals surface area contributed by atoms with Gasteiger partial charge < -0.3 is 10.0 Å². The van der Waals surface area contributed by atoms with Crippen molar-refractivity contribution in [2.75, 3.05) is 32.8 Å². The summed E-state index contributed by atoms with van der Waals surface area (Å²) in [6.07, 6.45) is 1.21. The van der Waals surface area contributed by atoms with Crippen LogP contribution in [0.4, 0.5) is 0 Å². The van der Waals surface area contributed by atoms with Crippen LogP contribution in [0, 0.1) is 0 Å². The van der Waals surface area contributed by atoms with Gasteiger partial charge in [0.1, 0.15) is 0 Å². The molecule has 1 aromatic carbocycles. The molecule has 3 heteroatoms. The van der Waals surface area contributed by atoms with Crippen LogP contribution in [0.2, 0.25) is 0 Å². The van der Waals surface area contributed by atoms with E-state index in [-0.39, 0.29) is 18.1 Å². The number of benzene rings is 1. The molecule has 0 aromatic heterocycles. The van der Waals surface area contributed by atoms with Crippen molar-refractivity contribution in [1.82, 2.24) is 9.80 Å². The minimum Gasteiger partial charge on any atom is -0.394 e. The maximum atomic E-state index is 9.99. The van der Waals surface area contributed by atoms with Crippen molar-refractivity contribution >= 4 is 0 Å². The Morgan fingerprint density at radius 3 is 2.30 bits per heavy atom. The van der Waals surface area contributed by atoms with E-state index in [0.29, 0.717) is 6.04 Å². The molecule has 0 saturated carbocycles. The number of hydrogen-bond acceptors (Lipinski definition) is 3. The Hall–Kier alpha value is -0.900. The van der Waals surface area contributed by atoms with Crippen LogP contribution in [0.1, 0.15) is 58.2 Å². The van der Waals surface area contributed by atoms with Gasteiger partial charge in [-0.05, 0) is 36.4 Å². The van der Waals surface area contributed by atoms with Crippen LogP contribution in [0.25, 0.3) is 0 Å². The predicted octanol–water partition coefficient (Wildman–Crippen LogP) is 3.43. The molecule has 0 radical (unpaired) electrons. The summed E-state index contributed by atoms with van der Waals surface area (Å²) in [5.41, 5.74) is 2.75. The number of aliphatic hydroxyl groups is 1. The van der Waals surface area contributed by atoms with Gasteiger partial charge in [-0.3, -0.25) is 4.90 Å². The molecule has 2 atom stereocenters. The Balaban J connectivity index is 2.10. The molecule has 0 bridgehead atoms. The molecule has 2 rings (SSSR count). The molecular weight excluding hydrogens is 284 g/mol. The lowest BCUT2D eigenvalue weighted by Gasteiger charge is -2.43. The Bertz CT molecular complexity index is 477. The highest BCUT2D eigenvalue weighted by molar-refractivity contribution is 5.29.